The number of benzene rings is 2. The Morgan fingerprint density at radius 1 is 1.07 bits per heavy atom. The van der Waals surface area contributed by atoms with Crippen molar-refractivity contribution in [1.82, 2.24) is 14.8 Å². The molecule has 1 aromatic heterocycles. The minimum Gasteiger partial charge on any atom is -0.251 e. The molecular weight excluding hydrogens is 389 g/mol. The van der Waals surface area contributed by atoms with Gasteiger partial charge in [-0.15, -0.1) is 0 Å². The van der Waals surface area contributed by atoms with Crippen molar-refractivity contribution in [1.29, 1.82) is 5.26 Å². The number of nitriles is 1. The number of alkyl halides is 3. The highest BCUT2D eigenvalue weighted by Crippen LogP contribution is 2.34. The number of aryl methyl sites for hydroxylation is 1. The van der Waals surface area contributed by atoms with Crippen LogP contribution < -0.4 is 0 Å². The van der Waals surface area contributed by atoms with Crippen LogP contribution >= 0.6 is 11.6 Å². The van der Waals surface area contributed by atoms with E-state index in [0.29, 0.717) is 29.0 Å². The minimum atomic E-state index is -4.41. The number of rotatable bonds is 6. The van der Waals surface area contributed by atoms with Crippen LogP contribution in [0.15, 0.2) is 61.2 Å². The monoisotopic (exact) mass is 404 g/mol. The molecule has 3 rings (SSSR count). The van der Waals surface area contributed by atoms with Gasteiger partial charge >= 0.3 is 6.18 Å². The highest BCUT2D eigenvalue weighted by molar-refractivity contribution is 6.30. The maximum absolute atomic E-state index is 13.0. The molecular formula is C20H16ClF3N4. The maximum Gasteiger partial charge on any atom is 0.416 e. The minimum absolute atomic E-state index is 0.211. The van der Waals surface area contributed by atoms with Crippen molar-refractivity contribution in [2.24, 2.45) is 0 Å². The van der Waals surface area contributed by atoms with Crippen molar-refractivity contribution in [3.63, 3.8) is 0 Å². The Labute approximate surface area is 165 Å². The molecule has 0 aliphatic rings. The van der Waals surface area contributed by atoms with Crippen LogP contribution in [0.4, 0.5) is 13.2 Å². The van der Waals surface area contributed by atoms with Crippen LogP contribution in [0, 0.1) is 11.3 Å². The fraction of sp³-hybridized carbons (Fsp3) is 0.250. The lowest BCUT2D eigenvalue weighted by atomic mass is 9.77. The van der Waals surface area contributed by atoms with Gasteiger partial charge in [0.15, 0.2) is 0 Å². The van der Waals surface area contributed by atoms with Gasteiger partial charge in [0.1, 0.15) is 18.1 Å². The van der Waals surface area contributed by atoms with Crippen LogP contribution in [0.25, 0.3) is 0 Å². The average Bonchev–Trinajstić information content (AvgIpc) is 3.18. The van der Waals surface area contributed by atoms with Crippen LogP contribution in [0.1, 0.15) is 23.1 Å². The fourth-order valence-electron chi connectivity index (χ4n) is 3.11. The smallest absolute Gasteiger partial charge is 0.251 e. The van der Waals surface area contributed by atoms with E-state index >= 15 is 0 Å². The molecule has 0 fully saturated rings. The predicted molar refractivity (Wildman–Crippen MR) is 98.5 cm³/mol. The molecule has 0 spiro atoms. The summed E-state index contributed by atoms with van der Waals surface area (Å²) >= 11 is 6.11. The van der Waals surface area contributed by atoms with Crippen molar-refractivity contribution < 1.29 is 13.2 Å². The molecule has 144 valence electrons. The molecule has 0 aliphatic carbocycles. The molecule has 0 aliphatic heterocycles. The molecule has 0 bridgehead atoms. The predicted octanol–water partition coefficient (Wildman–Crippen LogP) is 5.04. The number of hydrogen-bond acceptors (Lipinski definition) is 3. The largest absolute Gasteiger partial charge is 0.416 e. The summed E-state index contributed by atoms with van der Waals surface area (Å²) in [6, 6.07) is 14.4. The molecule has 28 heavy (non-hydrogen) atoms. The summed E-state index contributed by atoms with van der Waals surface area (Å²) in [4.78, 5) is 3.90. The zero-order valence-corrected chi connectivity index (χ0v) is 15.5. The third kappa shape index (κ3) is 4.52. The molecule has 0 saturated carbocycles. The molecule has 4 nitrogen and oxygen atoms in total. The van der Waals surface area contributed by atoms with Crippen molar-refractivity contribution in [2.45, 2.75) is 31.0 Å². The third-order valence-electron chi connectivity index (χ3n) is 4.58. The Bertz CT molecular complexity index is 980. The number of hydrogen-bond donors (Lipinski definition) is 0. The Kier molecular flexibility index (Phi) is 5.71. The summed E-state index contributed by atoms with van der Waals surface area (Å²) in [6.07, 6.45) is -0.951. The van der Waals surface area contributed by atoms with E-state index < -0.39 is 17.2 Å². The van der Waals surface area contributed by atoms with Crippen molar-refractivity contribution in [3.8, 4) is 6.07 Å². The lowest BCUT2D eigenvalue weighted by Gasteiger charge is -2.27. The van der Waals surface area contributed by atoms with Crippen molar-refractivity contribution in [3.05, 3.63) is 82.9 Å². The molecule has 0 N–H and O–H groups in total. The molecule has 8 heteroatoms. The van der Waals surface area contributed by atoms with Crippen LogP contribution in [-0.2, 0) is 24.6 Å². The molecule has 0 radical (unpaired) electrons. The van der Waals surface area contributed by atoms with E-state index in [-0.39, 0.29) is 6.54 Å². The van der Waals surface area contributed by atoms with Crippen molar-refractivity contribution in [2.75, 3.05) is 0 Å². The Balaban J connectivity index is 1.93. The second kappa shape index (κ2) is 8.03. The van der Waals surface area contributed by atoms with E-state index in [9.17, 15) is 18.4 Å². The first-order valence-corrected chi connectivity index (χ1v) is 8.86. The van der Waals surface area contributed by atoms with Gasteiger partial charge in [-0.1, -0.05) is 41.9 Å². The quantitative estimate of drug-likeness (QED) is 0.578. The summed E-state index contributed by atoms with van der Waals surface area (Å²) in [5.74, 6) is 0. The topological polar surface area (TPSA) is 54.5 Å². The van der Waals surface area contributed by atoms with Gasteiger partial charge in [-0.2, -0.15) is 23.5 Å². The highest BCUT2D eigenvalue weighted by Gasteiger charge is 2.34. The van der Waals surface area contributed by atoms with E-state index in [2.05, 4.69) is 16.2 Å². The van der Waals surface area contributed by atoms with Crippen molar-refractivity contribution >= 4 is 11.6 Å². The molecule has 0 saturated heterocycles. The summed E-state index contributed by atoms with van der Waals surface area (Å²) in [6.45, 7) is 0.211. The van der Waals surface area contributed by atoms with Crippen LogP contribution in [0.3, 0.4) is 0 Å². The lowest BCUT2D eigenvalue weighted by molar-refractivity contribution is -0.137. The average molecular weight is 405 g/mol. The Morgan fingerprint density at radius 2 is 1.82 bits per heavy atom. The van der Waals surface area contributed by atoms with E-state index in [1.165, 1.54) is 23.4 Å². The summed E-state index contributed by atoms with van der Waals surface area (Å²) in [7, 11) is 0. The summed E-state index contributed by atoms with van der Waals surface area (Å²) in [5, 5.41) is 14.6. The molecule has 2 aromatic carbocycles. The fourth-order valence-corrected chi connectivity index (χ4v) is 3.30. The van der Waals surface area contributed by atoms with Gasteiger partial charge in [0, 0.05) is 5.02 Å². The Hall–Kier alpha value is -2.85. The Morgan fingerprint density at radius 3 is 2.46 bits per heavy atom. The lowest BCUT2D eigenvalue weighted by Crippen LogP contribution is -2.31. The van der Waals surface area contributed by atoms with Gasteiger partial charge in [0.05, 0.1) is 18.2 Å². The van der Waals surface area contributed by atoms with E-state index in [1.807, 2.05) is 0 Å². The SMILES string of the molecule is N#CC(CCc1cccc(C(F)(F)F)c1)(Cn1cncn1)c1cccc(Cl)c1. The summed E-state index contributed by atoms with van der Waals surface area (Å²) in [5.41, 5.74) is -0.529. The standard InChI is InChI=1S/C20H16ClF3N4/c21-18-6-2-4-16(10-18)19(11-25,12-28-14-26-13-27-28)8-7-15-3-1-5-17(9-15)20(22,23)24/h1-6,9-10,13-14H,7-8,12H2. The van der Waals surface area contributed by atoms with E-state index in [4.69, 9.17) is 11.6 Å². The number of halogens is 4. The molecule has 0 amide bonds. The first-order chi connectivity index (χ1) is 13.3. The van der Waals surface area contributed by atoms with Crippen LogP contribution in [0.5, 0.6) is 0 Å². The van der Waals surface area contributed by atoms with Gasteiger partial charge in [-0.05, 0) is 42.2 Å². The molecule has 1 atom stereocenters. The van der Waals surface area contributed by atoms with E-state index in [1.54, 1.807) is 30.3 Å². The van der Waals surface area contributed by atoms with Gasteiger partial charge in [0.25, 0.3) is 0 Å². The number of nitrogens with zero attached hydrogens (tertiary/aromatic N) is 4. The first kappa shape index (κ1) is 19.9. The second-order valence-corrected chi connectivity index (χ2v) is 6.93. The van der Waals surface area contributed by atoms with Crippen LogP contribution in [0.2, 0.25) is 5.02 Å². The third-order valence-corrected chi connectivity index (χ3v) is 4.82. The van der Waals surface area contributed by atoms with Gasteiger partial charge < -0.3 is 0 Å². The zero-order valence-electron chi connectivity index (χ0n) is 14.7. The first-order valence-electron chi connectivity index (χ1n) is 8.48. The number of aromatic nitrogens is 3. The normalized spacial score (nSPS) is 13.7. The summed E-state index contributed by atoms with van der Waals surface area (Å²) < 4.78 is 40.5. The zero-order chi connectivity index (χ0) is 20.2. The molecule has 3 aromatic rings. The van der Waals surface area contributed by atoms with Gasteiger partial charge in [-0.25, -0.2) is 4.98 Å². The van der Waals surface area contributed by atoms with Crippen LogP contribution in [-0.4, -0.2) is 14.8 Å². The highest BCUT2D eigenvalue weighted by atomic mass is 35.5. The van der Waals surface area contributed by atoms with Gasteiger partial charge in [-0.3, -0.25) is 4.68 Å². The second-order valence-electron chi connectivity index (χ2n) is 6.50. The molecule has 1 unspecified atom stereocenters. The maximum atomic E-state index is 13.0. The molecule has 1 heterocycles. The van der Waals surface area contributed by atoms with E-state index in [0.717, 1.165) is 12.1 Å². The van der Waals surface area contributed by atoms with Gasteiger partial charge in [0.2, 0.25) is 0 Å².